The molecule has 0 saturated heterocycles. The summed E-state index contributed by atoms with van der Waals surface area (Å²) in [5.74, 6) is -0.586. The Hall–Kier alpha value is -1.96. The van der Waals surface area contributed by atoms with Crippen LogP contribution in [0.2, 0.25) is 0 Å². The van der Waals surface area contributed by atoms with Gasteiger partial charge in [0.2, 0.25) is 5.91 Å². The number of carbonyl (C=O) groups excluding carboxylic acids is 1. The van der Waals surface area contributed by atoms with Crippen molar-refractivity contribution in [2.45, 2.75) is 38.8 Å². The lowest BCUT2D eigenvalue weighted by molar-refractivity contribution is -0.389. The van der Waals surface area contributed by atoms with Crippen LogP contribution in [0.25, 0.3) is 0 Å². The molecule has 0 bridgehead atoms. The van der Waals surface area contributed by atoms with Crippen LogP contribution in [-0.2, 0) is 11.3 Å². The molecule has 0 saturated carbocycles. The van der Waals surface area contributed by atoms with Gasteiger partial charge in [-0.1, -0.05) is 6.92 Å². The van der Waals surface area contributed by atoms with Crippen LogP contribution in [0.1, 0.15) is 26.7 Å². The van der Waals surface area contributed by atoms with Gasteiger partial charge in [0.15, 0.2) is 0 Å². The third-order valence-corrected chi connectivity index (χ3v) is 3.00. The summed E-state index contributed by atoms with van der Waals surface area (Å²) in [6.07, 6.45) is 2.51. The second kappa shape index (κ2) is 6.28. The van der Waals surface area contributed by atoms with Gasteiger partial charge in [-0.05, 0) is 24.7 Å². The van der Waals surface area contributed by atoms with Gasteiger partial charge in [0.05, 0.1) is 17.4 Å². The molecule has 1 atom stereocenters. The predicted octanol–water partition coefficient (Wildman–Crippen LogP) is 0.459. The van der Waals surface area contributed by atoms with Crippen molar-refractivity contribution in [3.05, 3.63) is 22.4 Å². The second-order valence-corrected chi connectivity index (χ2v) is 4.56. The SMILES string of the molecule is CCC(C)(CCO)NC(=O)Cn1ccc([N+](=O)[O-])n1. The molecule has 0 fully saturated rings. The molecule has 0 aliphatic heterocycles. The van der Waals surface area contributed by atoms with Gasteiger partial charge in [-0.2, -0.15) is 4.68 Å². The molecule has 0 spiro atoms. The third-order valence-electron chi connectivity index (χ3n) is 3.00. The van der Waals surface area contributed by atoms with Crippen molar-refractivity contribution in [1.82, 2.24) is 15.1 Å². The summed E-state index contributed by atoms with van der Waals surface area (Å²) in [5, 5.41) is 25.9. The topological polar surface area (TPSA) is 110 Å². The molecule has 0 aliphatic carbocycles. The van der Waals surface area contributed by atoms with E-state index < -0.39 is 10.5 Å². The highest BCUT2D eigenvalue weighted by molar-refractivity contribution is 5.76. The number of nitrogens with one attached hydrogen (secondary N) is 1. The molecule has 0 aromatic carbocycles. The average molecular weight is 270 g/mol. The summed E-state index contributed by atoms with van der Waals surface area (Å²) in [5.41, 5.74) is -0.481. The maximum Gasteiger partial charge on any atom is 0.389 e. The first kappa shape index (κ1) is 15.1. The largest absolute Gasteiger partial charge is 0.396 e. The predicted molar refractivity (Wildman–Crippen MR) is 67.4 cm³/mol. The van der Waals surface area contributed by atoms with E-state index in [1.165, 1.54) is 16.9 Å². The summed E-state index contributed by atoms with van der Waals surface area (Å²) in [7, 11) is 0. The van der Waals surface area contributed by atoms with Crippen molar-refractivity contribution >= 4 is 11.7 Å². The van der Waals surface area contributed by atoms with Gasteiger partial charge in [0.25, 0.3) is 0 Å². The summed E-state index contributed by atoms with van der Waals surface area (Å²) >= 11 is 0. The Labute approximate surface area is 110 Å². The van der Waals surface area contributed by atoms with Gasteiger partial charge in [0, 0.05) is 12.1 Å². The van der Waals surface area contributed by atoms with E-state index in [1.807, 2.05) is 13.8 Å². The highest BCUT2D eigenvalue weighted by Crippen LogP contribution is 2.13. The van der Waals surface area contributed by atoms with Crippen LogP contribution in [0.15, 0.2) is 12.3 Å². The zero-order chi connectivity index (χ0) is 14.5. The zero-order valence-corrected chi connectivity index (χ0v) is 11.0. The van der Waals surface area contributed by atoms with E-state index in [1.54, 1.807) is 0 Å². The molecule has 106 valence electrons. The number of carbonyl (C=O) groups is 1. The maximum absolute atomic E-state index is 11.8. The number of aliphatic hydroxyl groups excluding tert-OH is 1. The molecular weight excluding hydrogens is 252 g/mol. The lowest BCUT2D eigenvalue weighted by atomic mass is 9.95. The van der Waals surface area contributed by atoms with E-state index >= 15 is 0 Å². The second-order valence-electron chi connectivity index (χ2n) is 4.56. The van der Waals surface area contributed by atoms with Crippen molar-refractivity contribution in [3.8, 4) is 0 Å². The van der Waals surface area contributed by atoms with Crippen LogP contribution >= 0.6 is 0 Å². The molecule has 1 amide bonds. The van der Waals surface area contributed by atoms with Crippen molar-refractivity contribution in [3.63, 3.8) is 0 Å². The normalized spacial score (nSPS) is 13.8. The quantitative estimate of drug-likeness (QED) is 0.552. The summed E-state index contributed by atoms with van der Waals surface area (Å²) in [6, 6.07) is 1.24. The minimum absolute atomic E-state index is 0.0160. The van der Waals surface area contributed by atoms with Crippen molar-refractivity contribution < 1.29 is 14.8 Å². The molecule has 1 aromatic rings. The number of nitrogens with zero attached hydrogens (tertiary/aromatic N) is 3. The van der Waals surface area contributed by atoms with Crippen LogP contribution in [0.5, 0.6) is 0 Å². The average Bonchev–Trinajstić information content (AvgIpc) is 2.77. The fraction of sp³-hybridized carbons (Fsp3) is 0.636. The Kier molecular flexibility index (Phi) is 4.99. The van der Waals surface area contributed by atoms with Gasteiger partial charge >= 0.3 is 5.82 Å². The Morgan fingerprint density at radius 1 is 1.68 bits per heavy atom. The Morgan fingerprint density at radius 2 is 2.37 bits per heavy atom. The molecule has 0 aliphatic rings. The van der Waals surface area contributed by atoms with Crippen LogP contribution in [0.3, 0.4) is 0 Å². The lowest BCUT2D eigenvalue weighted by Gasteiger charge is -2.28. The minimum Gasteiger partial charge on any atom is -0.396 e. The number of rotatable bonds is 7. The first-order valence-corrected chi connectivity index (χ1v) is 6.00. The molecular formula is C11H18N4O4. The van der Waals surface area contributed by atoms with Crippen molar-refractivity contribution in [2.75, 3.05) is 6.61 Å². The van der Waals surface area contributed by atoms with Gasteiger partial charge < -0.3 is 20.5 Å². The number of hydrogen-bond acceptors (Lipinski definition) is 5. The van der Waals surface area contributed by atoms with E-state index in [2.05, 4.69) is 10.4 Å². The first-order valence-electron chi connectivity index (χ1n) is 6.00. The van der Waals surface area contributed by atoms with Crippen LogP contribution in [-0.4, -0.2) is 37.9 Å². The number of hydrogen-bond donors (Lipinski definition) is 2. The lowest BCUT2D eigenvalue weighted by Crippen LogP contribution is -2.47. The maximum atomic E-state index is 11.8. The standard InChI is InChI=1S/C11H18N4O4/c1-3-11(2,5-7-16)12-10(17)8-14-6-4-9(13-14)15(18)19/h4,6,16H,3,5,7-8H2,1-2H3,(H,12,17). The molecule has 19 heavy (non-hydrogen) atoms. The molecule has 1 unspecified atom stereocenters. The Balaban J connectivity index is 2.61. The fourth-order valence-corrected chi connectivity index (χ4v) is 1.63. The highest BCUT2D eigenvalue weighted by Gasteiger charge is 2.24. The monoisotopic (exact) mass is 270 g/mol. The minimum atomic E-state index is -0.615. The summed E-state index contributed by atoms with van der Waals surface area (Å²) in [6.45, 7) is 3.65. The van der Waals surface area contributed by atoms with E-state index in [9.17, 15) is 14.9 Å². The number of aromatic nitrogens is 2. The molecule has 0 radical (unpaired) electrons. The molecule has 1 aromatic heterocycles. The fourth-order valence-electron chi connectivity index (χ4n) is 1.63. The summed E-state index contributed by atoms with van der Waals surface area (Å²) in [4.78, 5) is 21.7. The van der Waals surface area contributed by atoms with Gasteiger partial charge in [-0.15, -0.1) is 0 Å². The molecule has 1 heterocycles. The van der Waals surface area contributed by atoms with E-state index in [4.69, 9.17) is 5.11 Å². The van der Waals surface area contributed by atoms with Crippen LogP contribution in [0, 0.1) is 10.1 Å². The highest BCUT2D eigenvalue weighted by atomic mass is 16.6. The van der Waals surface area contributed by atoms with Gasteiger partial charge in [-0.25, -0.2) is 0 Å². The first-order chi connectivity index (χ1) is 8.90. The van der Waals surface area contributed by atoms with Gasteiger partial charge in [-0.3, -0.25) is 4.79 Å². The smallest absolute Gasteiger partial charge is 0.389 e. The zero-order valence-electron chi connectivity index (χ0n) is 11.0. The Bertz CT molecular complexity index is 459. The molecule has 2 N–H and O–H groups in total. The number of amides is 1. The molecule has 1 rings (SSSR count). The van der Waals surface area contributed by atoms with E-state index in [0.29, 0.717) is 12.8 Å². The van der Waals surface area contributed by atoms with Crippen molar-refractivity contribution in [1.29, 1.82) is 0 Å². The van der Waals surface area contributed by atoms with E-state index in [0.717, 1.165) is 0 Å². The van der Waals surface area contributed by atoms with E-state index in [-0.39, 0.29) is 24.9 Å². The van der Waals surface area contributed by atoms with Crippen molar-refractivity contribution in [2.24, 2.45) is 0 Å². The Morgan fingerprint density at radius 3 is 2.84 bits per heavy atom. The van der Waals surface area contributed by atoms with Crippen LogP contribution < -0.4 is 5.32 Å². The number of nitro groups is 1. The van der Waals surface area contributed by atoms with Gasteiger partial charge in [0.1, 0.15) is 6.54 Å². The van der Waals surface area contributed by atoms with Crippen LogP contribution in [0.4, 0.5) is 5.82 Å². The third kappa shape index (κ3) is 4.32. The molecule has 8 heteroatoms. The summed E-state index contributed by atoms with van der Waals surface area (Å²) < 4.78 is 1.21. The number of aliphatic hydroxyl groups is 1. The molecule has 8 nitrogen and oxygen atoms in total.